The molecule has 0 aliphatic rings. The molecule has 2 atom stereocenters. The first-order valence-corrected chi connectivity index (χ1v) is 7.38. The standard InChI is InChI=1S/C17H24N4/c1-11(9-18)10-21-16-8-13(3)12(2)7-15(16)19-17(21)14(4)20(5)6/h7-8,11,14H,10H2,1-6H3. The third-order valence-corrected chi connectivity index (χ3v) is 4.22. The number of fused-ring (bicyclic) bond motifs is 1. The zero-order chi connectivity index (χ0) is 15.7. The summed E-state index contributed by atoms with van der Waals surface area (Å²) in [6.07, 6.45) is 0. The Kier molecular flexibility index (Phi) is 4.34. The van der Waals surface area contributed by atoms with Crippen LogP contribution in [0.1, 0.15) is 36.8 Å². The largest absolute Gasteiger partial charge is 0.325 e. The Morgan fingerprint density at radius 2 is 1.86 bits per heavy atom. The lowest BCUT2D eigenvalue weighted by molar-refractivity contribution is 0.299. The molecule has 0 bridgehead atoms. The zero-order valence-corrected chi connectivity index (χ0v) is 13.8. The lowest BCUT2D eigenvalue weighted by atomic mass is 10.1. The average molecular weight is 284 g/mol. The van der Waals surface area contributed by atoms with Gasteiger partial charge in [-0.3, -0.25) is 4.90 Å². The van der Waals surface area contributed by atoms with Gasteiger partial charge in [-0.05, 0) is 65.0 Å². The topological polar surface area (TPSA) is 44.9 Å². The van der Waals surface area contributed by atoms with E-state index in [9.17, 15) is 0 Å². The molecular formula is C17H24N4. The summed E-state index contributed by atoms with van der Waals surface area (Å²) in [5.41, 5.74) is 4.66. The zero-order valence-electron chi connectivity index (χ0n) is 13.8. The SMILES string of the molecule is Cc1cc2nc(C(C)N(C)C)n(CC(C)C#N)c2cc1C. The van der Waals surface area contributed by atoms with Gasteiger partial charge in [-0.25, -0.2) is 4.98 Å². The molecule has 4 nitrogen and oxygen atoms in total. The molecule has 0 aliphatic carbocycles. The van der Waals surface area contributed by atoms with Gasteiger partial charge in [-0.1, -0.05) is 0 Å². The molecule has 0 radical (unpaired) electrons. The van der Waals surface area contributed by atoms with Crippen molar-refractivity contribution in [1.29, 1.82) is 5.26 Å². The van der Waals surface area contributed by atoms with Gasteiger partial charge in [0.2, 0.25) is 0 Å². The van der Waals surface area contributed by atoms with E-state index >= 15 is 0 Å². The number of aromatic nitrogens is 2. The van der Waals surface area contributed by atoms with Crippen LogP contribution in [-0.4, -0.2) is 28.5 Å². The fraction of sp³-hybridized carbons (Fsp3) is 0.529. The summed E-state index contributed by atoms with van der Waals surface area (Å²) in [5.74, 6) is 0.999. The highest BCUT2D eigenvalue weighted by molar-refractivity contribution is 5.78. The van der Waals surface area contributed by atoms with Gasteiger partial charge in [0.25, 0.3) is 0 Å². The Hall–Kier alpha value is -1.86. The Morgan fingerprint density at radius 1 is 1.24 bits per heavy atom. The number of nitriles is 1. The van der Waals surface area contributed by atoms with Gasteiger partial charge in [0.1, 0.15) is 5.82 Å². The maximum absolute atomic E-state index is 9.15. The molecule has 1 aromatic carbocycles. The molecule has 0 saturated heterocycles. The molecule has 0 aliphatic heterocycles. The second-order valence-corrected chi connectivity index (χ2v) is 6.18. The highest BCUT2D eigenvalue weighted by atomic mass is 15.2. The Labute approximate surface area is 127 Å². The van der Waals surface area contributed by atoms with E-state index in [1.54, 1.807) is 0 Å². The second kappa shape index (κ2) is 5.87. The summed E-state index contributed by atoms with van der Waals surface area (Å²) in [7, 11) is 4.11. The van der Waals surface area contributed by atoms with E-state index in [0.29, 0.717) is 6.54 Å². The average Bonchev–Trinajstić information content (AvgIpc) is 2.76. The highest BCUT2D eigenvalue weighted by Gasteiger charge is 2.20. The summed E-state index contributed by atoms with van der Waals surface area (Å²) in [6.45, 7) is 9.02. The van der Waals surface area contributed by atoms with Crippen LogP contribution in [-0.2, 0) is 6.54 Å². The molecular weight excluding hydrogens is 260 g/mol. The maximum Gasteiger partial charge on any atom is 0.127 e. The summed E-state index contributed by atoms with van der Waals surface area (Å²) >= 11 is 0. The van der Waals surface area contributed by atoms with Gasteiger partial charge in [0.15, 0.2) is 0 Å². The van der Waals surface area contributed by atoms with Gasteiger partial charge in [-0.2, -0.15) is 5.26 Å². The van der Waals surface area contributed by atoms with Crippen LogP contribution in [0.3, 0.4) is 0 Å². The molecule has 21 heavy (non-hydrogen) atoms. The first-order valence-electron chi connectivity index (χ1n) is 7.38. The molecule has 4 heteroatoms. The van der Waals surface area contributed by atoms with E-state index in [1.165, 1.54) is 11.1 Å². The van der Waals surface area contributed by atoms with E-state index in [-0.39, 0.29) is 12.0 Å². The number of benzene rings is 1. The van der Waals surface area contributed by atoms with Crippen molar-refractivity contribution in [2.75, 3.05) is 14.1 Å². The molecule has 0 fully saturated rings. The third kappa shape index (κ3) is 2.93. The first-order chi connectivity index (χ1) is 9.85. The molecule has 2 unspecified atom stereocenters. The summed E-state index contributed by atoms with van der Waals surface area (Å²) in [6, 6.07) is 6.87. The number of rotatable bonds is 4. The molecule has 0 N–H and O–H groups in total. The minimum absolute atomic E-state index is 0.0304. The summed E-state index contributed by atoms with van der Waals surface area (Å²) in [4.78, 5) is 6.98. The van der Waals surface area contributed by atoms with Crippen LogP contribution >= 0.6 is 0 Å². The van der Waals surface area contributed by atoms with Crippen LogP contribution in [0.5, 0.6) is 0 Å². The first kappa shape index (κ1) is 15.5. The normalized spacial score (nSPS) is 14.4. The van der Waals surface area contributed by atoms with E-state index in [1.807, 2.05) is 6.92 Å². The van der Waals surface area contributed by atoms with Gasteiger partial charge in [0.05, 0.1) is 29.1 Å². The predicted octanol–water partition coefficient (Wildman–Crippen LogP) is 3.44. The number of hydrogen-bond donors (Lipinski definition) is 0. The van der Waals surface area contributed by atoms with E-state index < -0.39 is 0 Å². The molecule has 1 aromatic heterocycles. The minimum Gasteiger partial charge on any atom is -0.325 e. The van der Waals surface area contributed by atoms with Crippen LogP contribution in [0.15, 0.2) is 12.1 Å². The van der Waals surface area contributed by atoms with Gasteiger partial charge in [-0.15, -0.1) is 0 Å². The van der Waals surface area contributed by atoms with Crippen molar-refractivity contribution < 1.29 is 0 Å². The van der Waals surface area contributed by atoms with E-state index in [4.69, 9.17) is 10.2 Å². The van der Waals surface area contributed by atoms with Crippen LogP contribution in [0.25, 0.3) is 11.0 Å². The Bertz CT molecular complexity index is 691. The predicted molar refractivity (Wildman–Crippen MR) is 86.1 cm³/mol. The van der Waals surface area contributed by atoms with Crippen molar-refractivity contribution in [3.8, 4) is 6.07 Å². The number of hydrogen-bond acceptors (Lipinski definition) is 3. The van der Waals surface area contributed by atoms with Crippen molar-refractivity contribution in [3.63, 3.8) is 0 Å². The minimum atomic E-state index is -0.0304. The molecule has 112 valence electrons. The lowest BCUT2D eigenvalue weighted by Crippen LogP contribution is -2.22. The molecule has 2 rings (SSSR count). The number of nitrogens with zero attached hydrogens (tertiary/aromatic N) is 4. The van der Waals surface area contributed by atoms with Crippen molar-refractivity contribution in [1.82, 2.24) is 14.5 Å². The molecule has 1 heterocycles. The molecule has 0 saturated carbocycles. The lowest BCUT2D eigenvalue weighted by Gasteiger charge is -2.21. The molecule has 0 spiro atoms. The number of imidazole rings is 1. The van der Waals surface area contributed by atoms with Crippen LogP contribution < -0.4 is 0 Å². The summed E-state index contributed by atoms with van der Waals surface area (Å²) < 4.78 is 2.21. The van der Waals surface area contributed by atoms with Crippen molar-refractivity contribution in [2.45, 2.75) is 40.3 Å². The Morgan fingerprint density at radius 3 is 2.43 bits per heavy atom. The van der Waals surface area contributed by atoms with Gasteiger partial charge < -0.3 is 4.57 Å². The second-order valence-electron chi connectivity index (χ2n) is 6.18. The van der Waals surface area contributed by atoms with E-state index in [0.717, 1.165) is 16.9 Å². The quantitative estimate of drug-likeness (QED) is 0.864. The maximum atomic E-state index is 9.15. The van der Waals surface area contributed by atoms with Gasteiger partial charge in [0, 0.05) is 6.54 Å². The van der Waals surface area contributed by atoms with E-state index in [2.05, 4.69) is 62.5 Å². The Balaban J connectivity index is 2.66. The monoisotopic (exact) mass is 284 g/mol. The molecule has 2 aromatic rings. The fourth-order valence-corrected chi connectivity index (χ4v) is 2.46. The van der Waals surface area contributed by atoms with Crippen LogP contribution in [0.4, 0.5) is 0 Å². The molecule has 0 amide bonds. The number of aryl methyl sites for hydroxylation is 2. The fourth-order valence-electron chi connectivity index (χ4n) is 2.46. The third-order valence-electron chi connectivity index (χ3n) is 4.22. The highest BCUT2D eigenvalue weighted by Crippen LogP contribution is 2.26. The van der Waals surface area contributed by atoms with Gasteiger partial charge >= 0.3 is 0 Å². The summed E-state index contributed by atoms with van der Waals surface area (Å²) in [5, 5.41) is 9.15. The van der Waals surface area contributed by atoms with Crippen molar-refractivity contribution in [2.24, 2.45) is 5.92 Å². The smallest absolute Gasteiger partial charge is 0.127 e. The van der Waals surface area contributed by atoms with Crippen molar-refractivity contribution in [3.05, 3.63) is 29.1 Å². The van der Waals surface area contributed by atoms with Crippen LogP contribution in [0.2, 0.25) is 0 Å². The van der Waals surface area contributed by atoms with Crippen LogP contribution in [0, 0.1) is 31.1 Å². The van der Waals surface area contributed by atoms with Crippen molar-refractivity contribution >= 4 is 11.0 Å².